The maximum absolute atomic E-state index is 15.4. The van der Waals surface area contributed by atoms with Crippen LogP contribution in [0, 0.1) is 5.82 Å². The van der Waals surface area contributed by atoms with Crippen molar-refractivity contribution in [2.75, 3.05) is 0 Å². The lowest BCUT2D eigenvalue weighted by Crippen LogP contribution is -2.26. The molecule has 0 radical (unpaired) electrons. The minimum Gasteiger partial charge on any atom is -0.355 e. The Kier molecular flexibility index (Phi) is 4.30. The van der Waals surface area contributed by atoms with Crippen molar-refractivity contribution in [2.24, 2.45) is 0 Å². The number of halogens is 2. The number of para-hydroxylation sites is 1. The van der Waals surface area contributed by atoms with Gasteiger partial charge in [-0.3, -0.25) is 0 Å². The van der Waals surface area contributed by atoms with E-state index >= 15 is 4.39 Å². The Bertz CT molecular complexity index is 1590. The van der Waals surface area contributed by atoms with Crippen LogP contribution in [0.4, 0.5) is 4.39 Å². The van der Waals surface area contributed by atoms with E-state index in [-0.39, 0.29) is 5.02 Å². The third-order valence-corrected chi connectivity index (χ3v) is 5.90. The third kappa shape index (κ3) is 3.24. The fraction of sp³-hybridized carbons (Fsp3) is 0. The van der Waals surface area contributed by atoms with Gasteiger partial charge in [-0.05, 0) is 72.8 Å². The fourth-order valence-electron chi connectivity index (χ4n) is 4.09. The highest BCUT2D eigenvalue weighted by Crippen LogP contribution is 2.13. The summed E-state index contributed by atoms with van der Waals surface area (Å²) in [4.78, 5) is 10.1. The molecule has 0 saturated heterocycles. The Morgan fingerprint density at radius 1 is 0.594 bits per heavy atom. The molecule has 4 aromatic heterocycles. The lowest BCUT2D eigenvalue weighted by Gasteiger charge is -2.05. The van der Waals surface area contributed by atoms with Gasteiger partial charge in [-0.25, -0.2) is 4.39 Å². The molecule has 3 N–H and O–H groups in total. The molecule has 5 aromatic rings. The normalized spacial score (nSPS) is 12.4. The molecule has 5 heterocycles. The molecule has 0 aliphatic carbocycles. The Hall–Kier alpha value is -3.96. The van der Waals surface area contributed by atoms with Crippen LogP contribution in [0.3, 0.4) is 0 Å². The molecule has 1 aliphatic heterocycles. The van der Waals surface area contributed by atoms with Crippen LogP contribution in [-0.4, -0.2) is 19.5 Å². The molecule has 0 saturated carbocycles. The van der Waals surface area contributed by atoms with Crippen LogP contribution in [0.25, 0.3) is 30.0 Å². The average Bonchev–Trinajstić information content (AvgIpc) is 3.57. The second-order valence-corrected chi connectivity index (χ2v) is 8.13. The second kappa shape index (κ2) is 7.32. The van der Waals surface area contributed by atoms with Crippen LogP contribution in [0.15, 0.2) is 66.7 Å². The standard InChI is InChI=1S/C26H18ClFN4/c27-25-23-14-20-10-8-18(30-20)12-16-6-7-17(29-16)13-19-9-11-21(31-19)15-24(26(25)28)32(23)22-4-2-1-3-5-22/h1-15,29-31H. The second-order valence-electron chi connectivity index (χ2n) is 7.75. The van der Waals surface area contributed by atoms with Gasteiger partial charge in [0.2, 0.25) is 0 Å². The zero-order valence-corrected chi connectivity index (χ0v) is 17.6. The van der Waals surface area contributed by atoms with Gasteiger partial charge in [0.25, 0.3) is 0 Å². The number of H-pyrrole nitrogens is 3. The molecule has 0 unspecified atom stereocenters. The van der Waals surface area contributed by atoms with E-state index in [1.54, 1.807) is 6.08 Å². The predicted octanol–water partition coefficient (Wildman–Crippen LogP) is 2.88. The molecule has 156 valence electrons. The Morgan fingerprint density at radius 3 is 1.72 bits per heavy atom. The van der Waals surface area contributed by atoms with Crippen LogP contribution in [0.1, 0.15) is 22.8 Å². The first kappa shape index (κ1) is 18.8. The van der Waals surface area contributed by atoms with Crippen molar-refractivity contribution in [2.45, 2.75) is 0 Å². The molecule has 1 aromatic carbocycles. The van der Waals surface area contributed by atoms with Crippen LogP contribution in [0.5, 0.6) is 0 Å². The summed E-state index contributed by atoms with van der Waals surface area (Å²) in [5.41, 5.74) is 4.27. The van der Waals surface area contributed by atoms with Gasteiger partial charge in [0.15, 0.2) is 5.82 Å². The lowest BCUT2D eigenvalue weighted by atomic mass is 10.3. The first-order valence-corrected chi connectivity index (χ1v) is 10.6. The van der Waals surface area contributed by atoms with E-state index in [9.17, 15) is 0 Å². The molecular formula is C26H18ClFN4. The predicted molar refractivity (Wildman–Crippen MR) is 126 cm³/mol. The van der Waals surface area contributed by atoms with Crippen LogP contribution < -0.4 is 21.4 Å². The molecule has 0 atom stereocenters. The molecule has 0 amide bonds. The van der Waals surface area contributed by atoms with E-state index in [0.717, 1.165) is 39.2 Å². The van der Waals surface area contributed by atoms with Gasteiger partial charge in [0, 0.05) is 39.2 Å². The summed E-state index contributed by atoms with van der Waals surface area (Å²) >= 11 is 6.54. The monoisotopic (exact) mass is 440 g/mol. The molecule has 32 heavy (non-hydrogen) atoms. The van der Waals surface area contributed by atoms with Gasteiger partial charge in [-0.1, -0.05) is 29.8 Å². The number of fused-ring (bicyclic) bond motifs is 8. The molecule has 0 spiro atoms. The molecule has 0 fully saturated rings. The first-order chi connectivity index (χ1) is 15.6. The number of nitrogens with zero attached hydrogens (tertiary/aromatic N) is 1. The summed E-state index contributed by atoms with van der Waals surface area (Å²) < 4.78 is 17.3. The number of aromatic nitrogens is 4. The van der Waals surface area contributed by atoms with Crippen molar-refractivity contribution in [1.82, 2.24) is 19.5 Å². The maximum atomic E-state index is 15.4. The van der Waals surface area contributed by atoms with Crippen molar-refractivity contribution < 1.29 is 4.39 Å². The quantitative estimate of drug-likeness (QED) is 0.352. The van der Waals surface area contributed by atoms with E-state index < -0.39 is 5.82 Å². The Labute approximate surface area is 187 Å². The van der Waals surface area contributed by atoms with Crippen molar-refractivity contribution in [3.05, 3.63) is 122 Å². The average molecular weight is 441 g/mol. The highest BCUT2D eigenvalue weighted by Gasteiger charge is 2.15. The number of benzene rings is 1. The number of hydrogen-bond donors (Lipinski definition) is 3. The summed E-state index contributed by atoms with van der Waals surface area (Å²) in [5.74, 6) is -0.460. The zero-order valence-electron chi connectivity index (χ0n) is 16.9. The summed E-state index contributed by atoms with van der Waals surface area (Å²) in [6.07, 6.45) is 7.69. The molecule has 1 aliphatic rings. The number of nitrogens with one attached hydrogen (secondary N) is 3. The minimum atomic E-state index is -0.460. The highest BCUT2D eigenvalue weighted by atomic mass is 35.5. The lowest BCUT2D eigenvalue weighted by molar-refractivity contribution is 0.616. The number of aromatic amines is 3. The highest BCUT2D eigenvalue weighted by molar-refractivity contribution is 6.30. The van der Waals surface area contributed by atoms with Gasteiger partial charge in [0.1, 0.15) is 5.02 Å². The SMILES string of the molecule is Fc1c(Cl)c2n(-c3ccccc3)c1=Cc1ccc([nH]1)C=c1ccc([nH]1)=Cc1ccc([nH]1)C=2. The van der Waals surface area contributed by atoms with Crippen LogP contribution in [-0.2, 0) is 0 Å². The van der Waals surface area contributed by atoms with Gasteiger partial charge < -0.3 is 19.5 Å². The van der Waals surface area contributed by atoms with Gasteiger partial charge in [-0.15, -0.1) is 0 Å². The Balaban J connectivity index is 1.74. The summed E-state index contributed by atoms with van der Waals surface area (Å²) in [6, 6.07) is 21.5. The van der Waals surface area contributed by atoms with Crippen molar-refractivity contribution in [1.29, 1.82) is 0 Å². The largest absolute Gasteiger partial charge is 0.355 e. The maximum Gasteiger partial charge on any atom is 0.167 e. The van der Waals surface area contributed by atoms with Gasteiger partial charge >= 0.3 is 0 Å². The number of hydrogen-bond acceptors (Lipinski definition) is 0. The van der Waals surface area contributed by atoms with Gasteiger partial charge in [-0.2, -0.15) is 0 Å². The van der Waals surface area contributed by atoms with E-state index in [4.69, 9.17) is 11.6 Å². The van der Waals surface area contributed by atoms with Crippen molar-refractivity contribution >= 4 is 35.9 Å². The first-order valence-electron chi connectivity index (χ1n) is 10.3. The molecule has 8 bridgehead atoms. The fourth-order valence-corrected chi connectivity index (χ4v) is 4.32. The summed E-state index contributed by atoms with van der Waals surface area (Å²) in [5, 5.41) is 2.99. The van der Waals surface area contributed by atoms with Crippen molar-refractivity contribution in [3.63, 3.8) is 0 Å². The minimum absolute atomic E-state index is 0.0801. The smallest absolute Gasteiger partial charge is 0.167 e. The van der Waals surface area contributed by atoms with E-state index in [0.29, 0.717) is 10.7 Å². The molecule has 6 heteroatoms. The Morgan fingerprint density at radius 2 is 1.12 bits per heavy atom. The van der Waals surface area contributed by atoms with Gasteiger partial charge in [0.05, 0.1) is 10.7 Å². The van der Waals surface area contributed by atoms with Crippen LogP contribution >= 0.6 is 11.6 Å². The topological polar surface area (TPSA) is 52.3 Å². The third-order valence-electron chi connectivity index (χ3n) is 5.54. The zero-order chi connectivity index (χ0) is 21.7. The van der Waals surface area contributed by atoms with E-state index in [1.165, 1.54) is 0 Å². The summed E-state index contributed by atoms with van der Waals surface area (Å²) in [7, 11) is 0. The van der Waals surface area contributed by atoms with Crippen LogP contribution in [0.2, 0.25) is 5.02 Å². The summed E-state index contributed by atoms with van der Waals surface area (Å²) in [6.45, 7) is 0. The molecule has 4 nitrogen and oxygen atoms in total. The number of rotatable bonds is 1. The molecule has 6 rings (SSSR count). The molecular weight excluding hydrogens is 423 g/mol. The van der Waals surface area contributed by atoms with Crippen molar-refractivity contribution in [3.8, 4) is 5.69 Å². The van der Waals surface area contributed by atoms with E-state index in [1.807, 2.05) is 89.5 Å². The van der Waals surface area contributed by atoms with E-state index in [2.05, 4.69) is 15.0 Å².